The van der Waals surface area contributed by atoms with Crippen molar-refractivity contribution < 1.29 is 4.79 Å². The number of rotatable bonds is 2. The number of hydrogen-bond acceptors (Lipinski definition) is 2. The quantitative estimate of drug-likeness (QED) is 0.843. The van der Waals surface area contributed by atoms with Gasteiger partial charge in [0.05, 0.1) is 17.3 Å². The number of anilines is 1. The molecule has 3 nitrogen and oxygen atoms in total. The monoisotopic (exact) mass is 322 g/mol. The minimum Gasteiger partial charge on any atom is -0.306 e. The van der Waals surface area contributed by atoms with Crippen LogP contribution in [0.3, 0.4) is 0 Å². The van der Waals surface area contributed by atoms with Gasteiger partial charge in [0, 0.05) is 17.8 Å². The van der Waals surface area contributed by atoms with Crippen LogP contribution in [0.5, 0.6) is 0 Å². The molecule has 2 aliphatic carbocycles. The Morgan fingerprint density at radius 2 is 2.13 bits per heavy atom. The maximum atomic E-state index is 12.9. The van der Waals surface area contributed by atoms with Crippen LogP contribution >= 0.6 is 11.6 Å². The first-order valence-electron chi connectivity index (χ1n) is 7.92. The van der Waals surface area contributed by atoms with Gasteiger partial charge in [-0.2, -0.15) is 0 Å². The second-order valence-electron chi connectivity index (χ2n) is 6.69. The van der Waals surface area contributed by atoms with Gasteiger partial charge in [-0.3, -0.25) is 9.78 Å². The van der Waals surface area contributed by atoms with Crippen molar-refractivity contribution in [1.82, 2.24) is 4.98 Å². The maximum Gasteiger partial charge on any atom is 0.238 e. The summed E-state index contributed by atoms with van der Waals surface area (Å²) in [6.07, 6.45) is 8.62. The Balaban J connectivity index is 1.48. The van der Waals surface area contributed by atoms with Gasteiger partial charge in [0.15, 0.2) is 0 Å². The lowest BCUT2D eigenvalue weighted by molar-refractivity contribution is -0.120. The van der Waals surface area contributed by atoms with E-state index >= 15 is 0 Å². The van der Waals surface area contributed by atoms with Crippen LogP contribution in [-0.2, 0) is 16.6 Å². The van der Waals surface area contributed by atoms with Gasteiger partial charge in [-0.15, -0.1) is 0 Å². The Morgan fingerprint density at radius 3 is 2.96 bits per heavy atom. The summed E-state index contributed by atoms with van der Waals surface area (Å²) in [6.45, 7) is 0.644. The number of aromatic nitrogens is 1. The minimum absolute atomic E-state index is 0.242. The number of fused-ring (bicyclic) bond motifs is 3. The molecule has 0 radical (unpaired) electrons. The Labute approximate surface area is 139 Å². The topological polar surface area (TPSA) is 33.2 Å². The highest BCUT2D eigenvalue weighted by molar-refractivity contribution is 6.30. The average molecular weight is 323 g/mol. The first-order chi connectivity index (χ1) is 11.2. The number of hydrogen-bond donors (Lipinski definition) is 0. The number of carbonyl (C=O) groups is 1. The van der Waals surface area contributed by atoms with E-state index in [1.807, 2.05) is 29.3 Å². The molecule has 0 atom stereocenters. The summed E-state index contributed by atoms with van der Waals surface area (Å²) in [6, 6.07) is 8.01. The van der Waals surface area contributed by atoms with Crippen LogP contribution in [0.1, 0.15) is 29.5 Å². The Kier molecular flexibility index (Phi) is 2.58. The smallest absolute Gasteiger partial charge is 0.238 e. The summed E-state index contributed by atoms with van der Waals surface area (Å²) >= 11 is 6.08. The molecule has 2 aromatic rings. The highest BCUT2D eigenvalue weighted by Gasteiger charge is 2.59. The molecule has 0 saturated heterocycles. The number of benzene rings is 1. The number of halogens is 1. The molecule has 4 heteroatoms. The molecular weight excluding hydrogens is 308 g/mol. The largest absolute Gasteiger partial charge is 0.306 e. The molecule has 114 valence electrons. The van der Waals surface area contributed by atoms with E-state index < -0.39 is 0 Å². The second-order valence-corrected chi connectivity index (χ2v) is 7.13. The highest BCUT2D eigenvalue weighted by Crippen LogP contribution is 2.57. The maximum absolute atomic E-state index is 12.9. The molecule has 0 unspecified atom stereocenters. The molecule has 0 bridgehead atoms. The SMILES string of the molecule is O=C1N(CC2=Cc3cc(Cl)ccc3C2)c2cnccc2C12CC2. The van der Waals surface area contributed by atoms with Crippen LogP contribution in [0, 0.1) is 0 Å². The van der Waals surface area contributed by atoms with E-state index in [4.69, 9.17) is 11.6 Å². The van der Waals surface area contributed by atoms with Crippen molar-refractivity contribution in [3.05, 3.63) is 63.9 Å². The van der Waals surface area contributed by atoms with Gasteiger partial charge in [0.25, 0.3) is 0 Å². The summed E-state index contributed by atoms with van der Waals surface area (Å²) < 4.78 is 0. The number of carbonyl (C=O) groups excluding carboxylic acids is 1. The first-order valence-corrected chi connectivity index (χ1v) is 8.29. The number of pyridine rings is 1. The number of amides is 1. The summed E-state index contributed by atoms with van der Waals surface area (Å²) in [5, 5.41) is 0.755. The predicted molar refractivity (Wildman–Crippen MR) is 90.6 cm³/mol. The van der Waals surface area contributed by atoms with Gasteiger partial charge in [-0.25, -0.2) is 0 Å². The zero-order chi connectivity index (χ0) is 15.6. The summed E-state index contributed by atoms with van der Waals surface area (Å²) in [5.74, 6) is 0.246. The summed E-state index contributed by atoms with van der Waals surface area (Å²) in [7, 11) is 0. The molecule has 1 fully saturated rings. The van der Waals surface area contributed by atoms with Gasteiger partial charge in [-0.1, -0.05) is 23.7 Å². The first kappa shape index (κ1) is 13.3. The van der Waals surface area contributed by atoms with Crippen molar-refractivity contribution in [3.63, 3.8) is 0 Å². The lowest BCUT2D eigenvalue weighted by Crippen LogP contribution is -2.33. The lowest BCUT2D eigenvalue weighted by Gasteiger charge is -2.18. The molecule has 1 amide bonds. The van der Waals surface area contributed by atoms with Crippen LogP contribution < -0.4 is 4.90 Å². The molecule has 3 aliphatic rings. The van der Waals surface area contributed by atoms with Gasteiger partial charge in [-0.05, 0) is 59.7 Å². The second kappa shape index (κ2) is 4.45. The fourth-order valence-electron chi connectivity index (χ4n) is 3.94. The molecular formula is C19H15ClN2O. The Morgan fingerprint density at radius 1 is 1.26 bits per heavy atom. The Hall–Kier alpha value is -2.13. The van der Waals surface area contributed by atoms with Crippen molar-refractivity contribution >= 4 is 29.3 Å². The van der Waals surface area contributed by atoms with E-state index in [2.05, 4.69) is 17.1 Å². The van der Waals surface area contributed by atoms with Crippen LogP contribution in [0.2, 0.25) is 5.02 Å². The number of nitrogens with zero attached hydrogens (tertiary/aromatic N) is 2. The molecule has 1 saturated carbocycles. The molecule has 2 heterocycles. The minimum atomic E-state index is -0.242. The third kappa shape index (κ3) is 1.83. The van der Waals surface area contributed by atoms with E-state index in [1.54, 1.807) is 6.20 Å². The van der Waals surface area contributed by atoms with Crippen LogP contribution in [-0.4, -0.2) is 17.4 Å². The van der Waals surface area contributed by atoms with Crippen molar-refractivity contribution in [2.45, 2.75) is 24.7 Å². The zero-order valence-corrected chi connectivity index (χ0v) is 13.3. The fraction of sp³-hybridized carbons (Fsp3) is 0.263. The standard InChI is InChI=1S/C19H15ClN2O/c20-15-2-1-13-7-12(8-14(13)9-15)11-22-17-10-21-6-3-16(17)19(4-5-19)18(22)23/h1-3,6,8-10H,4-5,7,11H2. The molecule has 1 aliphatic heterocycles. The summed E-state index contributed by atoms with van der Waals surface area (Å²) in [4.78, 5) is 19.1. The fourth-order valence-corrected chi connectivity index (χ4v) is 4.12. The predicted octanol–water partition coefficient (Wildman–Crippen LogP) is 3.75. The van der Waals surface area contributed by atoms with Crippen molar-refractivity contribution in [2.75, 3.05) is 11.4 Å². The van der Waals surface area contributed by atoms with Crippen molar-refractivity contribution in [3.8, 4) is 0 Å². The van der Waals surface area contributed by atoms with E-state index in [9.17, 15) is 4.79 Å². The third-order valence-electron chi connectivity index (χ3n) is 5.26. The van der Waals surface area contributed by atoms with E-state index in [-0.39, 0.29) is 11.3 Å². The Bertz CT molecular complexity index is 883. The molecule has 0 N–H and O–H groups in total. The van der Waals surface area contributed by atoms with Gasteiger partial charge < -0.3 is 4.90 Å². The highest BCUT2D eigenvalue weighted by atomic mass is 35.5. The normalized spacial score (nSPS) is 19.8. The summed E-state index contributed by atoms with van der Waals surface area (Å²) in [5.41, 5.74) is 5.62. The molecule has 1 aromatic carbocycles. The van der Waals surface area contributed by atoms with Crippen molar-refractivity contribution in [2.24, 2.45) is 0 Å². The molecule has 1 aromatic heterocycles. The zero-order valence-electron chi connectivity index (χ0n) is 12.6. The van der Waals surface area contributed by atoms with Gasteiger partial charge in [0.2, 0.25) is 5.91 Å². The van der Waals surface area contributed by atoms with E-state index in [0.717, 1.165) is 35.5 Å². The molecule has 1 spiro atoms. The van der Waals surface area contributed by atoms with Gasteiger partial charge >= 0.3 is 0 Å². The van der Waals surface area contributed by atoms with Crippen LogP contribution in [0.15, 0.2) is 42.2 Å². The third-order valence-corrected chi connectivity index (χ3v) is 5.49. The lowest BCUT2D eigenvalue weighted by atomic mass is 9.99. The van der Waals surface area contributed by atoms with E-state index in [0.29, 0.717) is 6.54 Å². The molecule has 5 rings (SSSR count). The molecule has 23 heavy (non-hydrogen) atoms. The van der Waals surface area contributed by atoms with Gasteiger partial charge in [0.1, 0.15) is 0 Å². The average Bonchev–Trinajstić information content (AvgIpc) is 3.21. The van der Waals surface area contributed by atoms with Crippen LogP contribution in [0.4, 0.5) is 5.69 Å². The van der Waals surface area contributed by atoms with Crippen molar-refractivity contribution in [1.29, 1.82) is 0 Å². The van der Waals surface area contributed by atoms with E-state index in [1.165, 1.54) is 16.7 Å². The van der Waals surface area contributed by atoms with Crippen LogP contribution in [0.25, 0.3) is 6.08 Å².